The lowest BCUT2D eigenvalue weighted by Gasteiger charge is -2.33. The minimum Gasteiger partial charge on any atom is -0.350 e. The zero-order chi connectivity index (χ0) is 20.6. The molecular formula is C23H30N2O2S. The molecule has 4 nitrogen and oxygen atoms in total. The van der Waals surface area contributed by atoms with Gasteiger partial charge in [0.05, 0.1) is 5.75 Å². The predicted molar refractivity (Wildman–Crippen MR) is 116 cm³/mol. The highest BCUT2D eigenvalue weighted by Crippen LogP contribution is 2.20. The van der Waals surface area contributed by atoms with E-state index < -0.39 is 6.04 Å². The fraction of sp³-hybridized carbons (Fsp3) is 0.391. The normalized spacial score (nSPS) is 12.3. The van der Waals surface area contributed by atoms with Crippen LogP contribution in [0.4, 0.5) is 0 Å². The number of amides is 2. The van der Waals surface area contributed by atoms with Gasteiger partial charge in [-0.1, -0.05) is 55.5 Å². The second-order valence-corrected chi connectivity index (χ2v) is 8.82. The molecule has 0 aromatic heterocycles. The molecule has 0 aliphatic rings. The van der Waals surface area contributed by atoms with Crippen molar-refractivity contribution in [2.75, 3.05) is 5.75 Å². The van der Waals surface area contributed by atoms with Crippen LogP contribution in [0, 0.1) is 0 Å². The summed E-state index contributed by atoms with van der Waals surface area (Å²) in [5, 5.41) is 3.03. The SMILES string of the molecule is CCC(C(=O)NC(C)(C)C)N(Cc1ccccc1)C(=O)CSc1ccccc1. The molecule has 2 aromatic carbocycles. The Labute approximate surface area is 172 Å². The number of hydrogen-bond donors (Lipinski definition) is 1. The lowest BCUT2D eigenvalue weighted by atomic mass is 10.1. The van der Waals surface area contributed by atoms with Gasteiger partial charge in [-0.05, 0) is 44.9 Å². The average Bonchev–Trinajstić information content (AvgIpc) is 2.66. The zero-order valence-electron chi connectivity index (χ0n) is 17.1. The Morgan fingerprint density at radius 2 is 1.57 bits per heavy atom. The van der Waals surface area contributed by atoms with E-state index in [1.54, 1.807) is 4.90 Å². The van der Waals surface area contributed by atoms with Gasteiger partial charge in [-0.25, -0.2) is 0 Å². The molecular weight excluding hydrogens is 368 g/mol. The van der Waals surface area contributed by atoms with Crippen LogP contribution in [0.3, 0.4) is 0 Å². The Morgan fingerprint density at radius 3 is 2.11 bits per heavy atom. The maximum atomic E-state index is 13.1. The standard InChI is InChI=1S/C23H30N2O2S/c1-5-20(22(27)24-23(2,3)4)25(16-18-12-8-6-9-13-18)21(26)17-28-19-14-10-7-11-15-19/h6-15,20H,5,16-17H2,1-4H3,(H,24,27). The van der Waals surface area contributed by atoms with Crippen molar-refractivity contribution >= 4 is 23.6 Å². The first-order chi connectivity index (χ1) is 13.3. The molecule has 2 amide bonds. The summed E-state index contributed by atoms with van der Waals surface area (Å²) in [7, 11) is 0. The van der Waals surface area contributed by atoms with Crippen molar-refractivity contribution < 1.29 is 9.59 Å². The Bertz CT molecular complexity index is 757. The number of thioether (sulfide) groups is 1. The molecule has 0 fully saturated rings. The topological polar surface area (TPSA) is 49.4 Å². The summed E-state index contributed by atoms with van der Waals surface area (Å²) in [6.07, 6.45) is 0.566. The molecule has 0 saturated heterocycles. The summed E-state index contributed by atoms with van der Waals surface area (Å²) in [6, 6.07) is 19.2. The van der Waals surface area contributed by atoms with E-state index >= 15 is 0 Å². The second kappa shape index (κ2) is 10.3. The van der Waals surface area contributed by atoms with Crippen LogP contribution in [-0.2, 0) is 16.1 Å². The number of carbonyl (C=O) groups is 2. The Hall–Kier alpha value is -2.27. The van der Waals surface area contributed by atoms with E-state index in [4.69, 9.17) is 0 Å². The summed E-state index contributed by atoms with van der Waals surface area (Å²) in [5.41, 5.74) is 0.674. The molecule has 0 radical (unpaired) electrons. The number of hydrogen-bond acceptors (Lipinski definition) is 3. The van der Waals surface area contributed by atoms with E-state index in [-0.39, 0.29) is 17.4 Å². The van der Waals surface area contributed by atoms with Crippen molar-refractivity contribution in [2.45, 2.75) is 57.1 Å². The van der Waals surface area contributed by atoms with Gasteiger partial charge in [0.25, 0.3) is 0 Å². The number of nitrogens with zero attached hydrogens (tertiary/aromatic N) is 1. The number of rotatable bonds is 8. The number of nitrogens with one attached hydrogen (secondary N) is 1. The molecule has 0 aliphatic carbocycles. The highest BCUT2D eigenvalue weighted by Gasteiger charge is 2.30. The van der Waals surface area contributed by atoms with Gasteiger partial charge in [0.1, 0.15) is 6.04 Å². The first-order valence-corrected chi connectivity index (χ1v) is 10.6. The lowest BCUT2D eigenvalue weighted by Crippen LogP contribution is -2.53. The van der Waals surface area contributed by atoms with Crippen LogP contribution < -0.4 is 5.32 Å². The van der Waals surface area contributed by atoms with Crippen molar-refractivity contribution in [3.05, 3.63) is 66.2 Å². The molecule has 28 heavy (non-hydrogen) atoms. The molecule has 1 unspecified atom stereocenters. The Morgan fingerprint density at radius 1 is 1.00 bits per heavy atom. The van der Waals surface area contributed by atoms with Gasteiger partial charge in [0.15, 0.2) is 0 Å². The monoisotopic (exact) mass is 398 g/mol. The van der Waals surface area contributed by atoms with Crippen molar-refractivity contribution in [3.63, 3.8) is 0 Å². The molecule has 1 N–H and O–H groups in total. The van der Waals surface area contributed by atoms with Gasteiger partial charge >= 0.3 is 0 Å². The van der Waals surface area contributed by atoms with E-state index in [1.165, 1.54) is 11.8 Å². The summed E-state index contributed by atoms with van der Waals surface area (Å²) in [5.74, 6) is 0.161. The summed E-state index contributed by atoms with van der Waals surface area (Å²) in [4.78, 5) is 28.8. The fourth-order valence-corrected chi connectivity index (χ4v) is 3.70. The minimum atomic E-state index is -0.497. The molecule has 2 rings (SSSR count). The molecule has 5 heteroatoms. The summed E-state index contributed by atoms with van der Waals surface area (Å²) < 4.78 is 0. The molecule has 0 heterocycles. The van der Waals surface area contributed by atoms with Gasteiger partial charge < -0.3 is 10.2 Å². The molecule has 0 saturated carbocycles. The van der Waals surface area contributed by atoms with Crippen LogP contribution in [0.2, 0.25) is 0 Å². The smallest absolute Gasteiger partial charge is 0.243 e. The first kappa shape index (κ1) is 22.0. The maximum absolute atomic E-state index is 13.1. The minimum absolute atomic E-state index is 0.0337. The average molecular weight is 399 g/mol. The van der Waals surface area contributed by atoms with Crippen LogP contribution in [0.5, 0.6) is 0 Å². The van der Waals surface area contributed by atoms with Crippen LogP contribution in [0.1, 0.15) is 39.7 Å². The molecule has 0 spiro atoms. The van der Waals surface area contributed by atoms with Gasteiger partial charge in [-0.2, -0.15) is 0 Å². The maximum Gasteiger partial charge on any atom is 0.243 e. The summed E-state index contributed by atoms with van der Waals surface area (Å²) >= 11 is 1.50. The summed E-state index contributed by atoms with van der Waals surface area (Å²) in [6.45, 7) is 8.22. The Kier molecular flexibility index (Phi) is 8.12. The van der Waals surface area contributed by atoms with E-state index in [0.29, 0.717) is 18.7 Å². The quantitative estimate of drug-likeness (QED) is 0.666. The third kappa shape index (κ3) is 7.04. The number of benzene rings is 2. The Balaban J connectivity index is 2.19. The van der Waals surface area contributed by atoms with E-state index in [9.17, 15) is 9.59 Å². The first-order valence-electron chi connectivity index (χ1n) is 9.63. The van der Waals surface area contributed by atoms with Crippen molar-refractivity contribution in [3.8, 4) is 0 Å². The van der Waals surface area contributed by atoms with Gasteiger partial charge in [-0.15, -0.1) is 11.8 Å². The molecule has 2 aromatic rings. The number of carbonyl (C=O) groups excluding carboxylic acids is 2. The van der Waals surface area contributed by atoms with E-state index in [1.807, 2.05) is 88.4 Å². The van der Waals surface area contributed by atoms with Crippen LogP contribution in [0.25, 0.3) is 0 Å². The third-order valence-electron chi connectivity index (χ3n) is 4.19. The van der Waals surface area contributed by atoms with E-state index in [2.05, 4.69) is 5.32 Å². The molecule has 150 valence electrons. The second-order valence-electron chi connectivity index (χ2n) is 7.77. The highest BCUT2D eigenvalue weighted by molar-refractivity contribution is 8.00. The van der Waals surface area contributed by atoms with Gasteiger partial charge in [-0.3, -0.25) is 9.59 Å². The van der Waals surface area contributed by atoms with Gasteiger partial charge in [0, 0.05) is 17.0 Å². The van der Waals surface area contributed by atoms with Gasteiger partial charge in [0.2, 0.25) is 11.8 Å². The molecule has 0 bridgehead atoms. The van der Waals surface area contributed by atoms with Crippen LogP contribution in [-0.4, -0.2) is 34.0 Å². The highest BCUT2D eigenvalue weighted by atomic mass is 32.2. The molecule has 0 aliphatic heterocycles. The predicted octanol–water partition coefficient (Wildman–Crippen LogP) is 4.50. The van der Waals surface area contributed by atoms with Crippen molar-refractivity contribution in [1.82, 2.24) is 10.2 Å². The fourth-order valence-electron chi connectivity index (χ4n) is 2.90. The lowest BCUT2D eigenvalue weighted by molar-refractivity contribution is -0.140. The van der Waals surface area contributed by atoms with Crippen molar-refractivity contribution in [1.29, 1.82) is 0 Å². The zero-order valence-corrected chi connectivity index (χ0v) is 18.0. The van der Waals surface area contributed by atoms with Crippen molar-refractivity contribution in [2.24, 2.45) is 0 Å². The van der Waals surface area contributed by atoms with Crippen LogP contribution >= 0.6 is 11.8 Å². The van der Waals surface area contributed by atoms with Crippen LogP contribution in [0.15, 0.2) is 65.6 Å². The largest absolute Gasteiger partial charge is 0.350 e. The molecule has 1 atom stereocenters. The third-order valence-corrected chi connectivity index (χ3v) is 5.18. The van der Waals surface area contributed by atoms with E-state index in [0.717, 1.165) is 10.5 Å².